The highest BCUT2D eigenvalue weighted by Crippen LogP contribution is 2.40. The molecule has 0 saturated heterocycles. The molecule has 0 saturated carbocycles. The quantitative estimate of drug-likeness (QED) is 0.0211. The third-order valence-electron chi connectivity index (χ3n) is 21.2. The summed E-state index contributed by atoms with van der Waals surface area (Å²) in [5.41, 5.74) is 8.79. The molecule has 0 radical (unpaired) electrons. The number of aromatic nitrogens is 12. The molecule has 0 aliphatic heterocycles. The highest BCUT2D eigenvalue weighted by Gasteiger charge is 2.26. The molecule has 0 fully saturated rings. The number of esters is 6. The number of unbranched alkanes of at least 4 members (excludes halogenated alkanes) is 3. The summed E-state index contributed by atoms with van der Waals surface area (Å²) in [6.07, 6.45) is 4.45. The number of rotatable bonds is 27. The Balaban J connectivity index is 0.000000149. The van der Waals surface area contributed by atoms with E-state index in [9.17, 15) is 49.2 Å². The van der Waals surface area contributed by atoms with Gasteiger partial charge in [0.1, 0.15) is 46.0 Å². The molecule has 0 bridgehead atoms. The highest BCUT2D eigenvalue weighted by atomic mass is 16.5. The molecule has 0 spiro atoms. The van der Waals surface area contributed by atoms with Crippen LogP contribution in [0, 0.1) is 0 Å². The zero-order chi connectivity index (χ0) is 98.6. The molecule has 0 atom stereocenters. The van der Waals surface area contributed by atoms with Crippen LogP contribution < -0.4 is 14.2 Å². The third-order valence-corrected chi connectivity index (χ3v) is 21.2. The summed E-state index contributed by atoms with van der Waals surface area (Å²) in [5.74, 6) is 3.03. The van der Waals surface area contributed by atoms with Crippen molar-refractivity contribution in [3.05, 3.63) is 349 Å². The fraction of sp³-hybridized carbons (Fsp3) is 0.119. The van der Waals surface area contributed by atoms with Crippen molar-refractivity contribution >= 4 is 35.8 Å². The standard InChI is InChI=1S/C29H21N3O4.C29H29N3O4.C28H23N3O8.C23H17N3O3/c1-35-29(34)21-14-12-20(13-15-21)27-30-26(19-8-4-2-5-9-19)31-28(32-27)24-17-16-23(18-25(24)33)36-22-10-6-3-7-11-22;1-3-4-5-9-18-36-23-16-17-24(25(33)19-23)28-31-26(20-10-7-6-8-11-20)30-27(32-28)21-12-14-22(15-13-21)29(34)35-2;1-36-18-10-12-20(22(32)14-18)25-30-23(15-5-7-16(8-6-15)26(33)37-2)29-24(31-25)19-11-9-17(27(34)38-3)13-21(19)28(35)39-4;1-29-23(28)17-13-11-16(12-14-17)21-24-20(15-7-3-2-4-8-15)25-22(26-21)18-9-5-6-10-19(18)27/h2-18,33H,1H3;6-8,10-17,19,33H,3-5,9,18H2,1-2H3;5-14,32H,1-4H3;2-14,27H,1H3. The average molecular weight is 1870 g/mol. The van der Waals surface area contributed by atoms with Gasteiger partial charge in [0.15, 0.2) is 69.9 Å². The van der Waals surface area contributed by atoms with E-state index in [-0.39, 0.29) is 62.7 Å². The summed E-state index contributed by atoms with van der Waals surface area (Å²) in [5, 5.41) is 42.6. The van der Waals surface area contributed by atoms with Crippen molar-refractivity contribution < 1.29 is 91.8 Å². The normalized spacial score (nSPS) is 10.6. The number of phenols is 4. The molecule has 0 amide bonds. The molecular weight excluding hydrogens is 1780 g/mol. The number of methoxy groups -OCH3 is 7. The Morgan fingerprint density at radius 1 is 0.229 bits per heavy atom. The maximum absolute atomic E-state index is 12.7. The monoisotopic (exact) mass is 1870 g/mol. The number of nitrogens with zero attached hydrogens (tertiary/aromatic N) is 12. The Bertz CT molecular complexity index is 7260. The predicted octanol–water partition coefficient (Wildman–Crippen LogP) is 20.8. The van der Waals surface area contributed by atoms with Crippen LogP contribution in [0.1, 0.15) is 94.8 Å². The van der Waals surface area contributed by atoms with E-state index in [1.807, 2.05) is 133 Å². The molecular formula is C109H90N12O19. The highest BCUT2D eigenvalue weighted by molar-refractivity contribution is 6.01. The lowest BCUT2D eigenvalue weighted by molar-refractivity contribution is 0.0585. The van der Waals surface area contributed by atoms with Gasteiger partial charge in [-0.25, -0.2) is 88.6 Å². The van der Waals surface area contributed by atoms with Crippen molar-refractivity contribution in [2.45, 2.75) is 32.6 Å². The SMILES string of the molecule is CCCCCCOc1ccc(-c2nc(-c3ccccc3)nc(-c3ccc(C(=O)OC)cc3)n2)c(O)c1.COC(=O)c1ccc(-c2nc(-c3ccc(OC)cc3O)nc(-c3ccc(C(=O)OC)cc3C(=O)OC)n2)cc1.COC(=O)c1ccc(-c2nc(-c3ccccc3)nc(-c3ccc(Oc4ccccc4)cc3O)n2)cc1.COC(=O)c1ccc(-c2nc(-c3ccccc3)nc(-c3ccccc3O)n2)cc1. The molecule has 31 nitrogen and oxygen atoms in total. The summed E-state index contributed by atoms with van der Waals surface area (Å²) in [4.78, 5) is 127. The first-order chi connectivity index (χ1) is 68.1. The van der Waals surface area contributed by atoms with Crippen molar-refractivity contribution in [1.29, 1.82) is 0 Å². The van der Waals surface area contributed by atoms with Gasteiger partial charge in [0, 0.05) is 62.7 Å². The zero-order valence-electron chi connectivity index (χ0n) is 76.8. The molecule has 31 heteroatoms. The zero-order valence-corrected chi connectivity index (χ0v) is 76.8. The van der Waals surface area contributed by atoms with E-state index < -0.39 is 35.8 Å². The number of para-hydroxylation sites is 2. The van der Waals surface area contributed by atoms with Gasteiger partial charge in [-0.15, -0.1) is 0 Å². The lowest BCUT2D eigenvalue weighted by Crippen LogP contribution is -2.10. The third kappa shape index (κ3) is 24.5. The van der Waals surface area contributed by atoms with Gasteiger partial charge in [-0.3, -0.25) is 0 Å². The summed E-state index contributed by atoms with van der Waals surface area (Å²) < 4.78 is 45.5. The molecule has 0 aliphatic rings. The van der Waals surface area contributed by atoms with Crippen LogP contribution in [-0.4, -0.2) is 172 Å². The van der Waals surface area contributed by atoms with Crippen LogP contribution >= 0.6 is 0 Å². The van der Waals surface area contributed by atoms with Gasteiger partial charge in [-0.05, 0) is 134 Å². The first kappa shape index (κ1) is 97.3. The lowest BCUT2D eigenvalue weighted by Gasteiger charge is -2.13. The topological polar surface area (TPSA) is 421 Å². The smallest absolute Gasteiger partial charge is 0.338 e. The number of carbonyl (C=O) groups is 6. The average Bonchev–Trinajstić information content (AvgIpc) is 0.778. The van der Waals surface area contributed by atoms with Crippen molar-refractivity contribution in [1.82, 2.24) is 59.8 Å². The number of benzene rings is 13. The fourth-order valence-corrected chi connectivity index (χ4v) is 13.9. The number of aromatic hydroxyl groups is 4. The van der Waals surface area contributed by atoms with Crippen LogP contribution in [0.15, 0.2) is 315 Å². The Labute approximate surface area is 803 Å². The van der Waals surface area contributed by atoms with E-state index in [2.05, 4.69) is 66.7 Å². The number of hydrogen-bond donors (Lipinski definition) is 4. The largest absolute Gasteiger partial charge is 0.507 e. The van der Waals surface area contributed by atoms with Gasteiger partial charge in [0.25, 0.3) is 0 Å². The fourth-order valence-electron chi connectivity index (χ4n) is 13.9. The van der Waals surface area contributed by atoms with E-state index in [1.165, 1.54) is 92.9 Å². The predicted molar refractivity (Wildman–Crippen MR) is 522 cm³/mol. The molecule has 17 aromatic rings. The van der Waals surface area contributed by atoms with E-state index in [4.69, 9.17) is 42.6 Å². The summed E-state index contributed by atoms with van der Waals surface area (Å²) in [6.45, 7) is 2.78. The first-order valence-corrected chi connectivity index (χ1v) is 43.6. The molecule has 4 heterocycles. The molecule has 0 unspecified atom stereocenters. The van der Waals surface area contributed by atoms with Crippen LogP contribution in [0.4, 0.5) is 0 Å². The van der Waals surface area contributed by atoms with Gasteiger partial charge in [-0.2, -0.15) is 0 Å². The molecule has 140 heavy (non-hydrogen) atoms. The second kappa shape index (κ2) is 46.8. The first-order valence-electron chi connectivity index (χ1n) is 43.6. The van der Waals surface area contributed by atoms with Crippen LogP contribution in [0.3, 0.4) is 0 Å². The molecule has 0 aliphatic carbocycles. The van der Waals surface area contributed by atoms with Crippen molar-refractivity contribution in [3.8, 4) is 183 Å². The van der Waals surface area contributed by atoms with Gasteiger partial charge >= 0.3 is 35.8 Å². The Kier molecular flexibility index (Phi) is 32.5. The maximum Gasteiger partial charge on any atom is 0.338 e. The Morgan fingerprint density at radius 2 is 0.500 bits per heavy atom. The number of phenolic OH excluding ortho intramolecular Hbond substituents is 4. The summed E-state index contributed by atoms with van der Waals surface area (Å²) in [7, 11) is 9.21. The van der Waals surface area contributed by atoms with Crippen LogP contribution in [0.25, 0.3) is 137 Å². The Morgan fingerprint density at radius 3 is 0.843 bits per heavy atom. The molecule has 4 aromatic heterocycles. The minimum atomic E-state index is -0.728. The van der Waals surface area contributed by atoms with Crippen LogP contribution in [-0.2, 0) is 28.4 Å². The van der Waals surface area contributed by atoms with Crippen molar-refractivity contribution in [2.75, 3.05) is 56.4 Å². The molecule has 4 N–H and O–H groups in total. The summed E-state index contributed by atoms with van der Waals surface area (Å²) in [6, 6.07) is 90.8. The molecule has 13 aromatic carbocycles. The van der Waals surface area contributed by atoms with Gasteiger partial charge < -0.3 is 63.1 Å². The van der Waals surface area contributed by atoms with Gasteiger partial charge in [0.2, 0.25) is 0 Å². The second-order valence-electron chi connectivity index (χ2n) is 30.4. The minimum Gasteiger partial charge on any atom is -0.507 e. The van der Waals surface area contributed by atoms with Crippen LogP contribution in [0.2, 0.25) is 0 Å². The van der Waals surface area contributed by atoms with E-state index in [0.717, 1.165) is 29.5 Å². The van der Waals surface area contributed by atoms with Gasteiger partial charge in [0.05, 0.1) is 112 Å². The minimum absolute atomic E-state index is 0.0171. The van der Waals surface area contributed by atoms with E-state index >= 15 is 0 Å². The van der Waals surface area contributed by atoms with Gasteiger partial charge in [-0.1, -0.05) is 196 Å². The number of carbonyl (C=O) groups excluding carboxylic acids is 6. The van der Waals surface area contributed by atoms with Crippen LogP contribution in [0.5, 0.6) is 46.0 Å². The number of hydrogen-bond acceptors (Lipinski definition) is 31. The molecule has 17 rings (SSSR count). The number of ether oxygens (including phenoxy) is 9. The summed E-state index contributed by atoms with van der Waals surface area (Å²) >= 11 is 0. The Hall–Kier alpha value is -18.7. The second-order valence-corrected chi connectivity index (χ2v) is 30.4. The van der Waals surface area contributed by atoms with E-state index in [0.29, 0.717) is 143 Å². The van der Waals surface area contributed by atoms with Crippen molar-refractivity contribution in [2.24, 2.45) is 0 Å². The maximum atomic E-state index is 12.7. The van der Waals surface area contributed by atoms with Crippen molar-refractivity contribution in [3.63, 3.8) is 0 Å². The lowest BCUT2D eigenvalue weighted by atomic mass is 10.0. The molecule has 700 valence electrons. The van der Waals surface area contributed by atoms with E-state index in [1.54, 1.807) is 152 Å².